The molecule has 1 aliphatic heterocycles. The van der Waals surface area contributed by atoms with Crippen molar-refractivity contribution in [1.82, 2.24) is 9.80 Å². The molecular weight excluding hydrogens is 421 g/mol. The number of benzene rings is 1. The number of carbonyl (C=O) groups excluding carboxylic acids is 2. The lowest BCUT2D eigenvalue weighted by Crippen LogP contribution is -2.58. The Morgan fingerprint density at radius 2 is 1.38 bits per heavy atom. The zero-order chi connectivity index (χ0) is 22.5. The number of amides is 2. The minimum atomic E-state index is -4.73. The van der Waals surface area contributed by atoms with E-state index in [9.17, 15) is 22.8 Å². The summed E-state index contributed by atoms with van der Waals surface area (Å²) in [5.74, 6) is 2.11. The van der Waals surface area contributed by atoms with Gasteiger partial charge >= 0.3 is 6.36 Å². The highest BCUT2D eigenvalue weighted by Crippen LogP contribution is 2.60. The molecule has 0 N–H and O–H groups in total. The van der Waals surface area contributed by atoms with Crippen LogP contribution in [0.1, 0.15) is 44.1 Å². The molecule has 6 rings (SSSR count). The summed E-state index contributed by atoms with van der Waals surface area (Å²) in [6, 6.07) is 5.40. The minimum absolute atomic E-state index is 0.0728. The quantitative estimate of drug-likeness (QED) is 0.697. The van der Waals surface area contributed by atoms with Gasteiger partial charge in [-0.1, -0.05) is 12.1 Å². The molecule has 0 spiro atoms. The summed E-state index contributed by atoms with van der Waals surface area (Å²) in [5, 5.41) is 0. The van der Waals surface area contributed by atoms with Crippen LogP contribution >= 0.6 is 0 Å². The fourth-order valence-corrected chi connectivity index (χ4v) is 6.96. The molecule has 5 nitrogen and oxygen atoms in total. The number of rotatable bonds is 4. The van der Waals surface area contributed by atoms with Crippen molar-refractivity contribution in [3.05, 3.63) is 29.8 Å². The summed E-state index contributed by atoms with van der Waals surface area (Å²) in [6.07, 6.45) is 2.44. The van der Waals surface area contributed by atoms with E-state index in [0.29, 0.717) is 37.6 Å². The van der Waals surface area contributed by atoms with Crippen LogP contribution in [0.5, 0.6) is 5.75 Å². The van der Waals surface area contributed by atoms with Gasteiger partial charge in [0.2, 0.25) is 11.8 Å². The molecule has 0 aromatic heterocycles. The van der Waals surface area contributed by atoms with Gasteiger partial charge in [0.25, 0.3) is 0 Å². The second-order valence-corrected chi connectivity index (χ2v) is 10.2. The Labute approximate surface area is 185 Å². The van der Waals surface area contributed by atoms with Gasteiger partial charge in [-0.15, -0.1) is 13.2 Å². The molecule has 4 bridgehead atoms. The Kier molecular flexibility index (Phi) is 5.37. The first-order valence-electron chi connectivity index (χ1n) is 11.6. The largest absolute Gasteiger partial charge is 0.573 e. The van der Waals surface area contributed by atoms with Crippen molar-refractivity contribution in [3.8, 4) is 5.75 Å². The van der Waals surface area contributed by atoms with Gasteiger partial charge in [-0.05, 0) is 74.0 Å². The third kappa shape index (κ3) is 4.33. The van der Waals surface area contributed by atoms with Gasteiger partial charge in [0.05, 0.1) is 11.8 Å². The maximum atomic E-state index is 13.5. The van der Waals surface area contributed by atoms with Crippen molar-refractivity contribution < 1.29 is 27.5 Å². The number of halogens is 3. The number of hydrogen-bond acceptors (Lipinski definition) is 3. The summed E-state index contributed by atoms with van der Waals surface area (Å²) < 4.78 is 40.7. The smallest absolute Gasteiger partial charge is 0.406 e. The summed E-state index contributed by atoms with van der Waals surface area (Å²) >= 11 is 0. The fraction of sp³-hybridized carbons (Fsp3) is 0.667. The van der Waals surface area contributed by atoms with Crippen LogP contribution in [0.15, 0.2) is 24.3 Å². The Balaban J connectivity index is 1.14. The maximum Gasteiger partial charge on any atom is 0.573 e. The van der Waals surface area contributed by atoms with Crippen molar-refractivity contribution in [1.29, 1.82) is 0 Å². The van der Waals surface area contributed by atoms with Crippen LogP contribution in [0.4, 0.5) is 13.2 Å². The monoisotopic (exact) mass is 450 g/mol. The number of nitrogens with zero attached hydrogens (tertiary/aromatic N) is 2. The molecule has 5 fully saturated rings. The standard InChI is InChI=1S/C24H29F3N2O3/c25-24(26,27)32-20-3-1-16(2-4-20)12-21(30)28-5-7-29(8-6-28)22(31)23-13-17-9-18(14-23)11-19(10-17)15-23/h1-4,17-19H,5-15H2. The zero-order valence-electron chi connectivity index (χ0n) is 18.1. The van der Waals surface area contributed by atoms with Crippen LogP contribution < -0.4 is 4.74 Å². The highest BCUT2D eigenvalue weighted by atomic mass is 19.4. The SMILES string of the molecule is O=C(Cc1ccc(OC(F)(F)F)cc1)N1CCN(C(=O)C23CC4CC(CC(C4)C2)C3)CC1. The normalized spacial score (nSPS) is 31.7. The number of ether oxygens (including phenoxy) is 1. The van der Waals surface area contributed by atoms with E-state index in [2.05, 4.69) is 4.74 Å². The average Bonchev–Trinajstić information content (AvgIpc) is 2.73. The van der Waals surface area contributed by atoms with Crippen molar-refractivity contribution in [2.75, 3.05) is 26.2 Å². The first kappa shape index (κ1) is 21.6. The number of alkyl halides is 3. The molecule has 0 atom stereocenters. The number of carbonyl (C=O) groups is 2. The molecule has 4 aliphatic carbocycles. The van der Waals surface area contributed by atoms with Gasteiger partial charge < -0.3 is 14.5 Å². The Morgan fingerprint density at radius 3 is 1.88 bits per heavy atom. The number of piperazine rings is 1. The van der Waals surface area contributed by atoms with E-state index in [1.807, 2.05) is 4.90 Å². The molecule has 2 amide bonds. The van der Waals surface area contributed by atoms with E-state index in [-0.39, 0.29) is 23.5 Å². The van der Waals surface area contributed by atoms with Crippen LogP contribution in [0.25, 0.3) is 0 Å². The molecule has 1 aromatic carbocycles. The van der Waals surface area contributed by atoms with E-state index in [1.165, 1.54) is 43.5 Å². The Morgan fingerprint density at radius 1 is 0.875 bits per heavy atom. The van der Waals surface area contributed by atoms with Crippen LogP contribution in [0, 0.1) is 23.2 Å². The van der Waals surface area contributed by atoms with Gasteiger partial charge in [-0.25, -0.2) is 0 Å². The van der Waals surface area contributed by atoms with Crippen LogP contribution in [0.3, 0.4) is 0 Å². The van der Waals surface area contributed by atoms with Crippen LogP contribution in [-0.4, -0.2) is 54.2 Å². The van der Waals surface area contributed by atoms with Crippen LogP contribution in [0.2, 0.25) is 0 Å². The zero-order valence-corrected chi connectivity index (χ0v) is 18.1. The second kappa shape index (κ2) is 7.96. The lowest BCUT2D eigenvalue weighted by Gasteiger charge is -2.57. The molecule has 5 aliphatic rings. The predicted octanol–water partition coefficient (Wildman–Crippen LogP) is 4.01. The molecule has 174 valence electrons. The molecule has 1 saturated heterocycles. The lowest BCUT2D eigenvalue weighted by atomic mass is 9.49. The second-order valence-electron chi connectivity index (χ2n) is 10.2. The summed E-state index contributed by atoms with van der Waals surface area (Å²) in [6.45, 7) is 2.13. The highest BCUT2D eigenvalue weighted by molar-refractivity contribution is 5.84. The van der Waals surface area contributed by atoms with E-state index in [0.717, 1.165) is 37.0 Å². The summed E-state index contributed by atoms with van der Waals surface area (Å²) in [5.41, 5.74) is 0.484. The van der Waals surface area contributed by atoms with Crippen LogP contribution in [-0.2, 0) is 16.0 Å². The number of hydrogen-bond donors (Lipinski definition) is 0. The topological polar surface area (TPSA) is 49.9 Å². The molecule has 0 unspecified atom stereocenters. The van der Waals surface area contributed by atoms with E-state index < -0.39 is 6.36 Å². The maximum absolute atomic E-state index is 13.5. The Bertz CT molecular complexity index is 840. The highest BCUT2D eigenvalue weighted by Gasteiger charge is 2.55. The van der Waals surface area contributed by atoms with Gasteiger partial charge in [-0.2, -0.15) is 0 Å². The predicted molar refractivity (Wildman–Crippen MR) is 111 cm³/mol. The molecule has 1 aromatic rings. The third-order valence-electron chi connectivity index (χ3n) is 7.92. The average molecular weight is 451 g/mol. The van der Waals surface area contributed by atoms with Crippen molar-refractivity contribution in [3.63, 3.8) is 0 Å². The molecular formula is C24H29F3N2O3. The summed E-state index contributed by atoms with van der Waals surface area (Å²) in [7, 11) is 0. The molecule has 8 heteroatoms. The van der Waals surface area contributed by atoms with Crippen molar-refractivity contribution in [2.45, 2.75) is 51.3 Å². The minimum Gasteiger partial charge on any atom is -0.406 e. The van der Waals surface area contributed by atoms with Gasteiger partial charge in [0, 0.05) is 26.2 Å². The first-order valence-corrected chi connectivity index (χ1v) is 11.6. The molecule has 1 heterocycles. The fourth-order valence-electron chi connectivity index (χ4n) is 6.96. The third-order valence-corrected chi connectivity index (χ3v) is 7.92. The van der Waals surface area contributed by atoms with Crippen molar-refractivity contribution >= 4 is 11.8 Å². The van der Waals surface area contributed by atoms with E-state index in [4.69, 9.17) is 0 Å². The molecule has 32 heavy (non-hydrogen) atoms. The van der Waals surface area contributed by atoms with Gasteiger partial charge in [-0.3, -0.25) is 9.59 Å². The van der Waals surface area contributed by atoms with E-state index >= 15 is 0 Å². The Hall–Kier alpha value is -2.25. The van der Waals surface area contributed by atoms with Gasteiger partial charge in [0.1, 0.15) is 5.75 Å². The summed E-state index contributed by atoms with van der Waals surface area (Å²) in [4.78, 5) is 29.9. The van der Waals surface area contributed by atoms with Gasteiger partial charge in [0.15, 0.2) is 0 Å². The molecule has 0 radical (unpaired) electrons. The van der Waals surface area contributed by atoms with E-state index in [1.54, 1.807) is 4.90 Å². The first-order chi connectivity index (χ1) is 15.2. The lowest BCUT2D eigenvalue weighted by molar-refractivity contribution is -0.274. The molecule has 4 saturated carbocycles. The van der Waals surface area contributed by atoms with Crippen molar-refractivity contribution in [2.24, 2.45) is 23.2 Å².